The molecule has 0 fully saturated rings. The lowest BCUT2D eigenvalue weighted by atomic mass is 9.97. The first kappa shape index (κ1) is 26.7. The molecule has 0 unspecified atom stereocenters. The Hall–Kier alpha value is -4.53. The van der Waals surface area contributed by atoms with Crippen LogP contribution in [0.2, 0.25) is 0 Å². The van der Waals surface area contributed by atoms with Crippen LogP contribution in [0.4, 0.5) is 5.69 Å². The van der Waals surface area contributed by atoms with E-state index in [1.54, 1.807) is 44.6 Å². The molecule has 0 saturated carbocycles. The maximum Gasteiger partial charge on any atom is 0.328 e. The predicted molar refractivity (Wildman–Crippen MR) is 132 cm³/mol. The molecule has 0 aromatic heterocycles. The second-order valence-electron chi connectivity index (χ2n) is 7.81. The molecule has 2 aromatic carbocycles. The second-order valence-corrected chi connectivity index (χ2v) is 7.81. The number of aliphatic carboxylic acids is 2. The lowest BCUT2D eigenvalue weighted by Gasteiger charge is -2.29. The highest BCUT2D eigenvalue weighted by molar-refractivity contribution is 6.09. The van der Waals surface area contributed by atoms with Gasteiger partial charge in [-0.25, -0.2) is 9.59 Å². The summed E-state index contributed by atoms with van der Waals surface area (Å²) in [6.45, 7) is 3.88. The second kappa shape index (κ2) is 11.6. The van der Waals surface area contributed by atoms with E-state index >= 15 is 0 Å². The number of carboxylic acids is 2. The molecule has 9 heteroatoms. The molecule has 1 aliphatic heterocycles. The minimum atomic E-state index is -1.26. The van der Waals surface area contributed by atoms with E-state index in [2.05, 4.69) is 0 Å². The summed E-state index contributed by atoms with van der Waals surface area (Å²) >= 11 is 0. The SMILES string of the molecule is COc1ccc(/C=C/C(=O)c2ccc(OC)c3c2OC(C)(C)C=C3)cc1N.O=C(O)/C=C\C(=O)O. The number of hydrogen-bond donors (Lipinski definition) is 3. The van der Waals surface area contributed by atoms with Crippen LogP contribution in [0.5, 0.6) is 17.2 Å². The van der Waals surface area contributed by atoms with Gasteiger partial charge >= 0.3 is 11.9 Å². The summed E-state index contributed by atoms with van der Waals surface area (Å²) in [5.74, 6) is -0.870. The molecule has 3 rings (SSSR count). The fraction of sp³-hybridized carbons (Fsp3) is 0.192. The molecule has 4 N–H and O–H groups in total. The van der Waals surface area contributed by atoms with Crippen LogP contribution in [0.25, 0.3) is 12.2 Å². The minimum absolute atomic E-state index is 0.158. The number of rotatable bonds is 7. The summed E-state index contributed by atoms with van der Waals surface area (Å²) in [5.41, 5.74) is 8.00. The Labute approximate surface area is 202 Å². The molecule has 0 bridgehead atoms. The Balaban J connectivity index is 0.000000466. The Morgan fingerprint density at radius 3 is 2.09 bits per heavy atom. The van der Waals surface area contributed by atoms with Crippen molar-refractivity contribution in [1.29, 1.82) is 0 Å². The number of methoxy groups -OCH3 is 2. The number of nitrogen functional groups attached to an aromatic ring is 1. The van der Waals surface area contributed by atoms with Crippen molar-refractivity contribution in [1.82, 2.24) is 0 Å². The van der Waals surface area contributed by atoms with E-state index in [0.717, 1.165) is 11.1 Å². The van der Waals surface area contributed by atoms with E-state index in [4.69, 9.17) is 30.2 Å². The van der Waals surface area contributed by atoms with Crippen molar-refractivity contribution < 1.29 is 38.8 Å². The first-order chi connectivity index (χ1) is 16.5. The first-order valence-corrected chi connectivity index (χ1v) is 10.4. The van der Waals surface area contributed by atoms with Crippen LogP contribution >= 0.6 is 0 Å². The zero-order chi connectivity index (χ0) is 26.2. The van der Waals surface area contributed by atoms with E-state index in [9.17, 15) is 14.4 Å². The molecule has 184 valence electrons. The summed E-state index contributed by atoms with van der Waals surface area (Å²) in [7, 11) is 3.16. The number of nitrogens with two attached hydrogens (primary N) is 1. The Morgan fingerprint density at radius 1 is 0.943 bits per heavy atom. The molecule has 0 saturated heterocycles. The topological polar surface area (TPSA) is 145 Å². The number of benzene rings is 2. The van der Waals surface area contributed by atoms with Gasteiger partial charge in [-0.15, -0.1) is 0 Å². The molecule has 1 heterocycles. The smallest absolute Gasteiger partial charge is 0.328 e. The van der Waals surface area contributed by atoms with Gasteiger partial charge in [0.05, 0.1) is 31.0 Å². The fourth-order valence-corrected chi connectivity index (χ4v) is 3.06. The van der Waals surface area contributed by atoms with Crippen molar-refractivity contribution in [2.24, 2.45) is 0 Å². The van der Waals surface area contributed by atoms with Crippen LogP contribution in [0.1, 0.15) is 35.3 Å². The molecular weight excluding hydrogens is 454 g/mol. The van der Waals surface area contributed by atoms with Crippen molar-refractivity contribution in [2.45, 2.75) is 19.4 Å². The van der Waals surface area contributed by atoms with Crippen molar-refractivity contribution in [3.63, 3.8) is 0 Å². The molecule has 0 aliphatic carbocycles. The van der Waals surface area contributed by atoms with Crippen molar-refractivity contribution in [2.75, 3.05) is 20.0 Å². The highest BCUT2D eigenvalue weighted by Crippen LogP contribution is 2.40. The molecule has 9 nitrogen and oxygen atoms in total. The Bertz CT molecular complexity index is 1190. The fourth-order valence-electron chi connectivity index (χ4n) is 3.06. The van der Waals surface area contributed by atoms with Gasteiger partial charge in [0.2, 0.25) is 0 Å². The third-order valence-corrected chi connectivity index (χ3v) is 4.71. The Morgan fingerprint density at radius 2 is 1.54 bits per heavy atom. The highest BCUT2D eigenvalue weighted by atomic mass is 16.5. The van der Waals surface area contributed by atoms with Crippen LogP contribution in [0.3, 0.4) is 0 Å². The van der Waals surface area contributed by atoms with Crippen LogP contribution in [0, 0.1) is 0 Å². The van der Waals surface area contributed by atoms with Crippen LogP contribution in [-0.2, 0) is 9.59 Å². The normalized spacial score (nSPS) is 13.4. The number of carbonyl (C=O) groups is 3. The van der Waals surface area contributed by atoms with Gasteiger partial charge in [0, 0.05) is 12.2 Å². The third kappa shape index (κ3) is 7.50. The number of carboxylic acid groups (broad SMARTS) is 2. The summed E-state index contributed by atoms with van der Waals surface area (Å²) in [4.78, 5) is 31.9. The summed E-state index contributed by atoms with van der Waals surface area (Å²) in [6, 6.07) is 8.86. The number of hydrogen-bond acceptors (Lipinski definition) is 7. The maximum absolute atomic E-state index is 12.8. The molecule has 0 radical (unpaired) electrons. The van der Waals surface area contributed by atoms with Gasteiger partial charge in [-0.2, -0.15) is 0 Å². The molecule has 35 heavy (non-hydrogen) atoms. The standard InChI is InChI=1S/C22H23NO4.C4H4O4/c1-22(2)12-11-16-19(25-3)10-7-15(21(16)27-22)18(24)8-5-14-6-9-20(26-4)17(23)13-14;5-3(6)1-2-4(7)8/h5-13H,23H2,1-4H3;1-2H,(H,5,6)(H,7,8)/b8-5+;2-1-. The maximum atomic E-state index is 12.8. The van der Waals surface area contributed by atoms with Gasteiger partial charge in [0.1, 0.15) is 22.8 Å². The van der Waals surface area contributed by atoms with Gasteiger partial charge in [0.25, 0.3) is 0 Å². The van der Waals surface area contributed by atoms with E-state index in [0.29, 0.717) is 40.7 Å². The quantitative estimate of drug-likeness (QED) is 0.302. The van der Waals surface area contributed by atoms with Gasteiger partial charge in [-0.05, 0) is 61.9 Å². The third-order valence-electron chi connectivity index (χ3n) is 4.71. The van der Waals surface area contributed by atoms with E-state index in [-0.39, 0.29) is 5.78 Å². The van der Waals surface area contributed by atoms with E-state index < -0.39 is 17.5 Å². The first-order valence-electron chi connectivity index (χ1n) is 10.4. The van der Waals surface area contributed by atoms with Crippen LogP contribution < -0.4 is 19.9 Å². The Kier molecular flexibility index (Phi) is 8.82. The number of fused-ring (bicyclic) bond motifs is 1. The molecule has 0 atom stereocenters. The summed E-state index contributed by atoms with van der Waals surface area (Å²) in [6.07, 6.45) is 8.23. The zero-order valence-electron chi connectivity index (χ0n) is 19.8. The number of carbonyl (C=O) groups excluding carboxylic acids is 1. The summed E-state index contributed by atoms with van der Waals surface area (Å²) < 4.78 is 16.6. The number of ether oxygens (including phenoxy) is 3. The molecule has 0 amide bonds. The highest BCUT2D eigenvalue weighted by Gasteiger charge is 2.27. The van der Waals surface area contributed by atoms with Gasteiger partial charge < -0.3 is 30.2 Å². The number of ketones is 1. The lowest BCUT2D eigenvalue weighted by Crippen LogP contribution is -2.28. The average Bonchev–Trinajstić information content (AvgIpc) is 2.80. The molecule has 0 spiro atoms. The van der Waals surface area contributed by atoms with E-state index in [1.807, 2.05) is 32.1 Å². The largest absolute Gasteiger partial charge is 0.496 e. The van der Waals surface area contributed by atoms with Crippen LogP contribution in [-0.4, -0.2) is 47.8 Å². The van der Waals surface area contributed by atoms with Gasteiger partial charge in [-0.1, -0.05) is 12.1 Å². The van der Waals surface area contributed by atoms with Crippen LogP contribution in [0.15, 0.2) is 54.6 Å². The van der Waals surface area contributed by atoms with Gasteiger partial charge in [-0.3, -0.25) is 4.79 Å². The lowest BCUT2D eigenvalue weighted by molar-refractivity contribution is -0.134. The average molecular weight is 482 g/mol. The van der Waals surface area contributed by atoms with Crippen molar-refractivity contribution in [3.8, 4) is 17.2 Å². The molecular formula is C26H27NO8. The summed E-state index contributed by atoms with van der Waals surface area (Å²) in [5, 5.41) is 15.6. The molecule has 1 aliphatic rings. The zero-order valence-corrected chi connectivity index (χ0v) is 19.8. The molecule has 2 aromatic rings. The minimum Gasteiger partial charge on any atom is -0.496 e. The number of anilines is 1. The van der Waals surface area contributed by atoms with E-state index in [1.165, 1.54) is 6.08 Å². The van der Waals surface area contributed by atoms with Crippen molar-refractivity contribution in [3.05, 3.63) is 71.3 Å². The van der Waals surface area contributed by atoms with Gasteiger partial charge in [0.15, 0.2) is 5.78 Å². The number of allylic oxidation sites excluding steroid dienone is 1. The predicted octanol–water partition coefficient (Wildman–Crippen LogP) is 4.08. The van der Waals surface area contributed by atoms with Crippen molar-refractivity contribution >= 4 is 35.6 Å². The monoisotopic (exact) mass is 481 g/mol.